The van der Waals surface area contributed by atoms with Crippen molar-refractivity contribution in [3.05, 3.63) is 0 Å². The fraction of sp³-hybridized carbons (Fsp3) is 0.889. The summed E-state index contributed by atoms with van der Waals surface area (Å²) < 4.78 is 0. The Kier molecular flexibility index (Phi) is 4.59. The molecule has 0 aliphatic heterocycles. The van der Waals surface area contributed by atoms with Crippen LogP contribution in [0.2, 0.25) is 0 Å². The summed E-state index contributed by atoms with van der Waals surface area (Å²) in [5, 5.41) is 8.94. The zero-order valence-corrected chi connectivity index (χ0v) is 8.40. The van der Waals surface area contributed by atoms with E-state index in [9.17, 15) is 0 Å². The summed E-state index contributed by atoms with van der Waals surface area (Å²) in [5.74, 6) is 0.822. The van der Waals surface area contributed by atoms with Crippen LogP contribution < -0.4 is 18.1 Å². The van der Waals surface area contributed by atoms with Gasteiger partial charge in [-0.1, -0.05) is 6.92 Å². The second kappa shape index (κ2) is 4.69. The molecule has 0 heterocycles. The van der Waals surface area contributed by atoms with E-state index in [-0.39, 0.29) is 17.8 Å². The predicted molar refractivity (Wildman–Crippen MR) is 43.4 cm³/mol. The Morgan fingerprint density at radius 1 is 1.50 bits per heavy atom. The average Bonchev–Trinajstić information content (AvgIpc) is 2.07. The highest BCUT2D eigenvalue weighted by atomic mass is 35.5. The van der Waals surface area contributed by atoms with Crippen molar-refractivity contribution >= 4 is 0 Å². The lowest BCUT2D eigenvalue weighted by molar-refractivity contribution is -0.389. The first-order valence-corrected chi connectivity index (χ1v) is 4.43. The molecule has 0 aromatic rings. The van der Waals surface area contributed by atoms with E-state index in [2.05, 4.69) is 18.7 Å². The molecular formula is C9H17ClN2. The number of quaternary nitrogens is 1. The molecule has 3 N–H and O–H groups in total. The molecule has 70 valence electrons. The van der Waals surface area contributed by atoms with Gasteiger partial charge in [-0.3, -0.25) is 0 Å². The van der Waals surface area contributed by atoms with Gasteiger partial charge < -0.3 is 18.1 Å². The van der Waals surface area contributed by atoms with E-state index in [1.807, 2.05) is 0 Å². The third-order valence-corrected chi connectivity index (χ3v) is 2.95. The summed E-state index contributed by atoms with van der Waals surface area (Å²) in [6.45, 7) is 3.06. The lowest BCUT2D eigenvalue weighted by Crippen LogP contribution is -3.00. The standard InChI is InChI=1S/C9H16N2.ClH/c1-8-2-4-9(6-10,7-11)5-3-8;/h8H,2-6,10H2,1H3;1H. The molecule has 0 bridgehead atoms. The van der Waals surface area contributed by atoms with Gasteiger partial charge in [-0.15, -0.1) is 0 Å². The maximum atomic E-state index is 8.94. The van der Waals surface area contributed by atoms with Crippen LogP contribution >= 0.6 is 0 Å². The Labute approximate surface area is 80.5 Å². The van der Waals surface area contributed by atoms with Gasteiger partial charge >= 0.3 is 0 Å². The molecule has 0 radical (unpaired) electrons. The number of nitriles is 1. The monoisotopic (exact) mass is 188 g/mol. The number of nitrogens with zero attached hydrogens (tertiary/aromatic N) is 1. The number of rotatable bonds is 1. The second-order valence-corrected chi connectivity index (χ2v) is 3.82. The van der Waals surface area contributed by atoms with Crippen LogP contribution in [0.3, 0.4) is 0 Å². The van der Waals surface area contributed by atoms with Crippen molar-refractivity contribution < 1.29 is 18.1 Å². The zero-order chi connectivity index (χ0) is 8.32. The zero-order valence-electron chi connectivity index (χ0n) is 7.65. The molecule has 0 spiro atoms. The molecule has 12 heavy (non-hydrogen) atoms. The predicted octanol–water partition coefficient (Wildman–Crippen LogP) is -2.05. The van der Waals surface area contributed by atoms with Crippen molar-refractivity contribution in [1.82, 2.24) is 0 Å². The van der Waals surface area contributed by atoms with E-state index in [0.29, 0.717) is 0 Å². The number of hydrogen-bond acceptors (Lipinski definition) is 1. The van der Waals surface area contributed by atoms with Gasteiger partial charge in [0.2, 0.25) is 0 Å². The van der Waals surface area contributed by atoms with E-state index < -0.39 is 0 Å². The number of hydrogen-bond donors (Lipinski definition) is 1. The molecule has 0 aromatic heterocycles. The van der Waals surface area contributed by atoms with Gasteiger partial charge in [0.1, 0.15) is 5.41 Å². The first-order chi connectivity index (χ1) is 5.22. The molecule has 0 saturated heterocycles. The Morgan fingerprint density at radius 3 is 2.33 bits per heavy atom. The number of halogens is 1. The molecule has 0 unspecified atom stereocenters. The molecule has 0 amide bonds. The van der Waals surface area contributed by atoms with Crippen molar-refractivity contribution in [3.8, 4) is 6.07 Å². The maximum Gasteiger partial charge on any atom is 0.106 e. The minimum Gasteiger partial charge on any atom is -1.00 e. The van der Waals surface area contributed by atoms with E-state index in [1.54, 1.807) is 0 Å². The smallest absolute Gasteiger partial charge is 0.106 e. The summed E-state index contributed by atoms with van der Waals surface area (Å²) in [6.07, 6.45) is 4.55. The highest BCUT2D eigenvalue weighted by Crippen LogP contribution is 2.36. The van der Waals surface area contributed by atoms with Crippen LogP contribution in [0.5, 0.6) is 0 Å². The minimum absolute atomic E-state index is 0. The molecule has 1 aliphatic rings. The van der Waals surface area contributed by atoms with Gasteiger partial charge in [0.15, 0.2) is 0 Å². The van der Waals surface area contributed by atoms with Gasteiger partial charge in [-0.25, -0.2) is 0 Å². The Morgan fingerprint density at radius 2 is 2.00 bits per heavy atom. The van der Waals surface area contributed by atoms with Crippen LogP contribution in [0.25, 0.3) is 0 Å². The van der Waals surface area contributed by atoms with Gasteiger partial charge in [0, 0.05) is 0 Å². The van der Waals surface area contributed by atoms with Gasteiger partial charge in [0.25, 0.3) is 0 Å². The van der Waals surface area contributed by atoms with Crippen LogP contribution in [0.4, 0.5) is 0 Å². The highest BCUT2D eigenvalue weighted by Gasteiger charge is 2.34. The summed E-state index contributed by atoms with van der Waals surface area (Å²) in [6, 6.07) is 2.43. The normalized spacial score (nSPS) is 34.9. The Balaban J connectivity index is 0.00000121. The molecule has 1 aliphatic carbocycles. The second-order valence-electron chi connectivity index (χ2n) is 3.82. The van der Waals surface area contributed by atoms with Crippen LogP contribution in [-0.4, -0.2) is 6.54 Å². The quantitative estimate of drug-likeness (QED) is 0.506. The van der Waals surface area contributed by atoms with Crippen molar-refractivity contribution in [2.75, 3.05) is 6.54 Å². The molecule has 1 rings (SSSR count). The first kappa shape index (κ1) is 11.7. The Bertz CT molecular complexity index is 166. The van der Waals surface area contributed by atoms with E-state index in [0.717, 1.165) is 25.3 Å². The van der Waals surface area contributed by atoms with Crippen molar-refractivity contribution in [2.24, 2.45) is 11.3 Å². The van der Waals surface area contributed by atoms with E-state index in [4.69, 9.17) is 5.26 Å². The van der Waals surface area contributed by atoms with Gasteiger partial charge in [-0.05, 0) is 31.6 Å². The van der Waals surface area contributed by atoms with Crippen molar-refractivity contribution in [3.63, 3.8) is 0 Å². The fourth-order valence-corrected chi connectivity index (χ4v) is 1.73. The summed E-state index contributed by atoms with van der Waals surface area (Å²) in [5.41, 5.74) is 3.79. The fourth-order valence-electron chi connectivity index (χ4n) is 1.73. The average molecular weight is 189 g/mol. The van der Waals surface area contributed by atoms with E-state index >= 15 is 0 Å². The topological polar surface area (TPSA) is 51.4 Å². The third-order valence-electron chi connectivity index (χ3n) is 2.95. The van der Waals surface area contributed by atoms with E-state index in [1.165, 1.54) is 12.8 Å². The third kappa shape index (κ3) is 2.36. The summed E-state index contributed by atoms with van der Waals surface area (Å²) in [7, 11) is 0. The molecule has 1 fully saturated rings. The van der Waals surface area contributed by atoms with Crippen molar-refractivity contribution in [1.29, 1.82) is 5.26 Å². The molecular weight excluding hydrogens is 172 g/mol. The maximum absolute atomic E-state index is 8.94. The van der Waals surface area contributed by atoms with Crippen LogP contribution in [0, 0.1) is 22.7 Å². The molecule has 1 saturated carbocycles. The SMILES string of the molecule is CC1CCC(C#N)(C[NH3+])CC1.[Cl-]. The van der Waals surface area contributed by atoms with Crippen LogP contribution in [0.15, 0.2) is 0 Å². The molecule has 3 heteroatoms. The summed E-state index contributed by atoms with van der Waals surface area (Å²) in [4.78, 5) is 0. The van der Waals surface area contributed by atoms with Crippen molar-refractivity contribution in [2.45, 2.75) is 32.6 Å². The minimum atomic E-state index is -0.0630. The largest absolute Gasteiger partial charge is 1.00 e. The summed E-state index contributed by atoms with van der Waals surface area (Å²) >= 11 is 0. The van der Waals surface area contributed by atoms with Crippen LogP contribution in [0.1, 0.15) is 32.6 Å². The Hall–Kier alpha value is -0.260. The van der Waals surface area contributed by atoms with Crippen LogP contribution in [-0.2, 0) is 0 Å². The highest BCUT2D eigenvalue weighted by molar-refractivity contribution is 5.00. The molecule has 0 aromatic carbocycles. The molecule has 2 nitrogen and oxygen atoms in total. The van der Waals surface area contributed by atoms with Gasteiger partial charge in [0.05, 0.1) is 12.6 Å². The lowest BCUT2D eigenvalue weighted by atomic mass is 9.72. The molecule has 0 atom stereocenters. The van der Waals surface area contributed by atoms with Gasteiger partial charge in [-0.2, -0.15) is 5.26 Å². The lowest BCUT2D eigenvalue weighted by Gasteiger charge is -2.30. The first-order valence-electron chi connectivity index (χ1n) is 4.43.